The van der Waals surface area contributed by atoms with Crippen LogP contribution < -0.4 is 5.32 Å². The number of halogens is 1. The molecule has 0 radical (unpaired) electrons. The zero-order chi connectivity index (χ0) is 15.9. The van der Waals surface area contributed by atoms with Crippen molar-refractivity contribution in [3.8, 4) is 0 Å². The third-order valence-electron chi connectivity index (χ3n) is 3.11. The first-order valence-corrected chi connectivity index (χ1v) is 7.21. The number of benzene rings is 2. The van der Waals surface area contributed by atoms with E-state index in [0.29, 0.717) is 10.7 Å². The summed E-state index contributed by atoms with van der Waals surface area (Å²) in [7, 11) is 0. The van der Waals surface area contributed by atoms with Crippen molar-refractivity contribution >= 4 is 29.4 Å². The minimum absolute atomic E-state index is 0.159. The maximum atomic E-state index is 11.7. The number of carbonyl (C=O) groups excluding carboxylic acids is 1. The Hall–Kier alpha value is -2.33. The summed E-state index contributed by atoms with van der Waals surface area (Å²) in [6.07, 6.45) is 1.59. The van der Waals surface area contributed by atoms with Gasteiger partial charge >= 0.3 is 0 Å². The van der Waals surface area contributed by atoms with Crippen LogP contribution >= 0.6 is 11.6 Å². The molecule has 0 spiro atoms. The maximum absolute atomic E-state index is 11.7. The molecule has 0 heterocycles. The van der Waals surface area contributed by atoms with E-state index in [1.54, 1.807) is 18.3 Å². The molecule has 22 heavy (non-hydrogen) atoms. The first-order chi connectivity index (χ1) is 10.6. The lowest BCUT2D eigenvalue weighted by Crippen LogP contribution is -2.17. The summed E-state index contributed by atoms with van der Waals surface area (Å²) in [6, 6.07) is 13.1. The zero-order valence-electron chi connectivity index (χ0n) is 12.5. The molecule has 0 fully saturated rings. The predicted molar refractivity (Wildman–Crippen MR) is 89.5 cm³/mol. The average Bonchev–Trinajstić information content (AvgIpc) is 2.49. The van der Waals surface area contributed by atoms with Gasteiger partial charge in [-0.2, -0.15) is 0 Å². The lowest BCUT2D eigenvalue weighted by molar-refractivity contribution is -0.120. The minimum atomic E-state index is -0.290. The van der Waals surface area contributed by atoms with Crippen LogP contribution in [0.25, 0.3) is 0 Å². The Bertz CT molecular complexity index is 699. The van der Waals surface area contributed by atoms with Crippen LogP contribution in [0, 0.1) is 13.8 Å². The highest BCUT2D eigenvalue weighted by Gasteiger charge is 2.04. The van der Waals surface area contributed by atoms with E-state index in [4.69, 9.17) is 16.4 Å². The second-order valence-electron chi connectivity index (χ2n) is 4.88. The molecule has 0 atom stereocenters. The SMILES string of the molecule is Cc1ccc(NC(=O)CO/N=C\c2ccccc2C)cc1Cl. The summed E-state index contributed by atoms with van der Waals surface area (Å²) in [5.41, 5.74) is 3.63. The van der Waals surface area contributed by atoms with E-state index >= 15 is 0 Å². The van der Waals surface area contributed by atoms with Gasteiger partial charge in [-0.05, 0) is 42.7 Å². The summed E-state index contributed by atoms with van der Waals surface area (Å²) in [5.74, 6) is -0.290. The fourth-order valence-corrected chi connectivity index (χ4v) is 1.97. The van der Waals surface area contributed by atoms with E-state index in [1.165, 1.54) is 0 Å². The van der Waals surface area contributed by atoms with E-state index in [0.717, 1.165) is 16.7 Å². The van der Waals surface area contributed by atoms with E-state index in [2.05, 4.69) is 10.5 Å². The molecule has 0 bridgehead atoms. The average molecular weight is 317 g/mol. The van der Waals surface area contributed by atoms with Crippen molar-refractivity contribution in [2.45, 2.75) is 13.8 Å². The summed E-state index contributed by atoms with van der Waals surface area (Å²) in [4.78, 5) is 16.7. The number of hydrogen-bond donors (Lipinski definition) is 1. The molecule has 1 amide bonds. The van der Waals surface area contributed by atoms with E-state index < -0.39 is 0 Å². The largest absolute Gasteiger partial charge is 0.386 e. The van der Waals surface area contributed by atoms with Crippen molar-refractivity contribution in [1.29, 1.82) is 0 Å². The predicted octanol–water partition coefficient (Wildman–Crippen LogP) is 3.95. The molecule has 0 unspecified atom stereocenters. The minimum Gasteiger partial charge on any atom is -0.386 e. The van der Waals surface area contributed by atoms with Crippen LogP contribution in [0.4, 0.5) is 5.69 Å². The quantitative estimate of drug-likeness (QED) is 0.671. The molecule has 4 nitrogen and oxygen atoms in total. The fraction of sp³-hybridized carbons (Fsp3) is 0.176. The Morgan fingerprint density at radius 1 is 1.23 bits per heavy atom. The zero-order valence-corrected chi connectivity index (χ0v) is 13.2. The Balaban J connectivity index is 1.83. The molecular formula is C17H17ClN2O2. The van der Waals surface area contributed by atoms with Gasteiger partial charge in [-0.3, -0.25) is 4.79 Å². The molecule has 2 aromatic rings. The molecule has 0 aromatic heterocycles. The van der Waals surface area contributed by atoms with Gasteiger partial charge in [-0.25, -0.2) is 0 Å². The number of amides is 1. The Morgan fingerprint density at radius 2 is 2.00 bits per heavy atom. The number of nitrogens with one attached hydrogen (secondary N) is 1. The standard InChI is InChI=1S/C17H17ClN2O2/c1-12-5-3-4-6-14(12)10-19-22-11-17(21)20-15-8-7-13(2)16(18)9-15/h3-10H,11H2,1-2H3,(H,20,21)/b19-10-. The van der Waals surface area contributed by atoms with Crippen LogP contribution in [0.1, 0.15) is 16.7 Å². The van der Waals surface area contributed by atoms with Gasteiger partial charge in [0.05, 0.1) is 6.21 Å². The maximum Gasteiger partial charge on any atom is 0.265 e. The van der Waals surface area contributed by atoms with Crippen LogP contribution in [0.5, 0.6) is 0 Å². The fourth-order valence-electron chi connectivity index (χ4n) is 1.79. The van der Waals surface area contributed by atoms with Crippen molar-refractivity contribution in [2.24, 2.45) is 5.16 Å². The van der Waals surface area contributed by atoms with Gasteiger partial charge in [-0.15, -0.1) is 0 Å². The number of nitrogens with zero attached hydrogens (tertiary/aromatic N) is 1. The smallest absolute Gasteiger partial charge is 0.265 e. The summed E-state index contributed by atoms with van der Waals surface area (Å²) in [5, 5.41) is 7.11. The molecule has 0 aliphatic rings. The third kappa shape index (κ3) is 4.60. The Morgan fingerprint density at radius 3 is 2.73 bits per heavy atom. The molecule has 0 saturated heterocycles. The second-order valence-corrected chi connectivity index (χ2v) is 5.28. The van der Waals surface area contributed by atoms with Gasteiger partial charge in [0.2, 0.25) is 0 Å². The van der Waals surface area contributed by atoms with Crippen LogP contribution in [0.3, 0.4) is 0 Å². The van der Waals surface area contributed by atoms with Crippen molar-refractivity contribution in [1.82, 2.24) is 0 Å². The molecular weight excluding hydrogens is 300 g/mol. The highest BCUT2D eigenvalue weighted by atomic mass is 35.5. The van der Waals surface area contributed by atoms with Crippen LogP contribution in [0.2, 0.25) is 5.02 Å². The van der Waals surface area contributed by atoms with Gasteiger partial charge in [0.15, 0.2) is 6.61 Å². The number of rotatable bonds is 5. The van der Waals surface area contributed by atoms with Gasteiger partial charge in [0.1, 0.15) is 0 Å². The first-order valence-electron chi connectivity index (χ1n) is 6.83. The summed E-state index contributed by atoms with van der Waals surface area (Å²) >= 11 is 6.00. The van der Waals surface area contributed by atoms with Crippen molar-refractivity contribution in [3.63, 3.8) is 0 Å². The van der Waals surface area contributed by atoms with Crippen LogP contribution in [-0.4, -0.2) is 18.7 Å². The molecule has 0 aliphatic heterocycles. The molecule has 0 aliphatic carbocycles. The normalized spacial score (nSPS) is 10.7. The monoisotopic (exact) mass is 316 g/mol. The van der Waals surface area contributed by atoms with Crippen LogP contribution in [-0.2, 0) is 9.63 Å². The lowest BCUT2D eigenvalue weighted by Gasteiger charge is -2.06. The Labute approximate surface area is 134 Å². The molecule has 114 valence electrons. The number of aryl methyl sites for hydroxylation is 2. The van der Waals surface area contributed by atoms with E-state index in [-0.39, 0.29) is 12.5 Å². The molecule has 2 aromatic carbocycles. The van der Waals surface area contributed by atoms with Crippen molar-refractivity contribution in [2.75, 3.05) is 11.9 Å². The summed E-state index contributed by atoms with van der Waals surface area (Å²) in [6.45, 7) is 3.72. The number of oxime groups is 1. The van der Waals surface area contributed by atoms with Crippen LogP contribution in [0.15, 0.2) is 47.6 Å². The highest BCUT2D eigenvalue weighted by molar-refractivity contribution is 6.31. The topological polar surface area (TPSA) is 50.7 Å². The van der Waals surface area contributed by atoms with Crippen molar-refractivity contribution in [3.05, 3.63) is 64.2 Å². The summed E-state index contributed by atoms with van der Waals surface area (Å²) < 4.78 is 0. The molecule has 0 saturated carbocycles. The molecule has 5 heteroatoms. The first kappa shape index (κ1) is 16.0. The van der Waals surface area contributed by atoms with Gasteiger partial charge in [-0.1, -0.05) is 47.1 Å². The molecule has 1 N–H and O–H groups in total. The lowest BCUT2D eigenvalue weighted by atomic mass is 10.1. The molecule has 2 rings (SSSR count). The third-order valence-corrected chi connectivity index (χ3v) is 3.51. The van der Waals surface area contributed by atoms with E-state index in [1.807, 2.05) is 44.2 Å². The Kier molecular flexibility index (Phi) is 5.55. The highest BCUT2D eigenvalue weighted by Crippen LogP contribution is 2.19. The van der Waals surface area contributed by atoms with Crippen molar-refractivity contribution < 1.29 is 9.63 Å². The number of carbonyl (C=O) groups is 1. The van der Waals surface area contributed by atoms with Gasteiger partial charge in [0.25, 0.3) is 5.91 Å². The van der Waals surface area contributed by atoms with E-state index in [9.17, 15) is 4.79 Å². The number of anilines is 1. The number of hydrogen-bond acceptors (Lipinski definition) is 3. The second kappa shape index (κ2) is 7.61. The van der Waals surface area contributed by atoms with Gasteiger partial charge in [0, 0.05) is 10.7 Å². The van der Waals surface area contributed by atoms with Gasteiger partial charge < -0.3 is 10.2 Å².